The molecule has 0 radical (unpaired) electrons. The molecule has 0 unspecified atom stereocenters. The van der Waals surface area contributed by atoms with E-state index in [4.69, 9.17) is 0 Å². The summed E-state index contributed by atoms with van der Waals surface area (Å²) in [6.45, 7) is 4.11. The van der Waals surface area contributed by atoms with E-state index in [0.717, 1.165) is 33.9 Å². The number of nitrogens with one attached hydrogen (secondary N) is 2. The van der Waals surface area contributed by atoms with Crippen molar-refractivity contribution in [2.45, 2.75) is 13.8 Å². The summed E-state index contributed by atoms with van der Waals surface area (Å²) in [4.78, 5) is 18.8. The van der Waals surface area contributed by atoms with Gasteiger partial charge in [0.05, 0.1) is 0 Å². The molecule has 1 heterocycles. The second kappa shape index (κ2) is 7.91. The summed E-state index contributed by atoms with van der Waals surface area (Å²) >= 11 is 0. The number of pyridine rings is 1. The lowest BCUT2D eigenvalue weighted by molar-refractivity contribution is 0.102. The van der Waals surface area contributed by atoms with E-state index < -0.39 is 0 Å². The molecule has 27 heavy (non-hydrogen) atoms. The fourth-order valence-electron chi connectivity index (χ4n) is 2.83. The van der Waals surface area contributed by atoms with Gasteiger partial charge < -0.3 is 15.5 Å². The topological polar surface area (TPSA) is 57.3 Å². The highest BCUT2D eigenvalue weighted by Crippen LogP contribution is 2.24. The molecular formula is C22H24N4O. The number of hydrogen-bond donors (Lipinski definition) is 2. The summed E-state index contributed by atoms with van der Waals surface area (Å²) < 4.78 is 0. The van der Waals surface area contributed by atoms with Gasteiger partial charge in [-0.15, -0.1) is 0 Å². The number of hydrogen-bond acceptors (Lipinski definition) is 4. The van der Waals surface area contributed by atoms with Crippen LogP contribution in [0.4, 0.5) is 22.7 Å². The molecule has 138 valence electrons. The van der Waals surface area contributed by atoms with Gasteiger partial charge in [0.25, 0.3) is 5.91 Å². The molecule has 0 spiro atoms. The summed E-state index contributed by atoms with van der Waals surface area (Å²) in [5, 5.41) is 6.28. The Kier molecular flexibility index (Phi) is 5.41. The summed E-state index contributed by atoms with van der Waals surface area (Å²) in [5.74, 6) is -0.238. The maximum absolute atomic E-state index is 12.6. The Bertz CT molecular complexity index is 929. The fraction of sp³-hybridized carbons (Fsp3) is 0.182. The number of aryl methyl sites for hydroxylation is 2. The summed E-state index contributed by atoms with van der Waals surface area (Å²) in [5.41, 5.74) is 6.36. The highest BCUT2D eigenvalue weighted by atomic mass is 16.1. The van der Waals surface area contributed by atoms with Crippen molar-refractivity contribution in [3.63, 3.8) is 0 Å². The predicted molar refractivity (Wildman–Crippen MR) is 112 cm³/mol. The Labute approximate surface area is 160 Å². The molecule has 2 aromatic carbocycles. The Morgan fingerprint density at radius 3 is 2.22 bits per heavy atom. The van der Waals surface area contributed by atoms with E-state index >= 15 is 0 Å². The number of carbonyl (C=O) groups excluding carboxylic acids is 1. The van der Waals surface area contributed by atoms with Crippen LogP contribution >= 0.6 is 0 Å². The molecule has 0 atom stereocenters. The van der Waals surface area contributed by atoms with Crippen LogP contribution in [-0.2, 0) is 0 Å². The standard InChI is InChI=1S/C22H24N4O/c1-15-6-5-7-16(2)21(15)24-18-12-13-23-20(14-18)22(27)25-17-8-10-19(11-9-17)26(3)4/h5-14H,1-4H3,(H,23,24)(H,25,27). The number of rotatable bonds is 5. The molecule has 0 saturated heterocycles. The first-order chi connectivity index (χ1) is 12.9. The highest BCUT2D eigenvalue weighted by molar-refractivity contribution is 6.03. The van der Waals surface area contributed by atoms with Crippen molar-refractivity contribution >= 4 is 28.7 Å². The molecule has 0 fully saturated rings. The van der Waals surface area contributed by atoms with Crippen molar-refractivity contribution in [2.24, 2.45) is 0 Å². The molecule has 0 aliphatic carbocycles. The second-order valence-corrected chi connectivity index (χ2v) is 6.72. The number of para-hydroxylation sites is 1. The fourth-order valence-corrected chi connectivity index (χ4v) is 2.83. The van der Waals surface area contributed by atoms with E-state index in [1.165, 1.54) is 0 Å². The molecule has 0 bridgehead atoms. The summed E-state index contributed by atoms with van der Waals surface area (Å²) in [6.07, 6.45) is 1.64. The van der Waals surface area contributed by atoms with Crippen LogP contribution in [0.15, 0.2) is 60.8 Å². The van der Waals surface area contributed by atoms with Crippen LogP contribution in [-0.4, -0.2) is 25.0 Å². The monoisotopic (exact) mass is 360 g/mol. The Morgan fingerprint density at radius 1 is 0.926 bits per heavy atom. The first kappa shape index (κ1) is 18.5. The Hall–Kier alpha value is -3.34. The molecule has 0 saturated carbocycles. The molecule has 3 rings (SSSR count). The minimum Gasteiger partial charge on any atom is -0.378 e. The van der Waals surface area contributed by atoms with Crippen LogP contribution in [0.25, 0.3) is 0 Å². The minimum atomic E-state index is -0.238. The number of nitrogens with zero attached hydrogens (tertiary/aromatic N) is 2. The third-order valence-electron chi connectivity index (χ3n) is 4.38. The first-order valence-corrected chi connectivity index (χ1v) is 8.82. The molecule has 3 aromatic rings. The zero-order chi connectivity index (χ0) is 19.4. The Balaban J connectivity index is 1.75. The molecule has 1 amide bonds. The van der Waals surface area contributed by atoms with E-state index in [-0.39, 0.29) is 5.91 Å². The van der Waals surface area contributed by atoms with Crippen molar-refractivity contribution in [1.29, 1.82) is 0 Å². The largest absolute Gasteiger partial charge is 0.378 e. The van der Waals surface area contributed by atoms with Gasteiger partial charge >= 0.3 is 0 Å². The van der Waals surface area contributed by atoms with Gasteiger partial charge in [0.1, 0.15) is 5.69 Å². The van der Waals surface area contributed by atoms with Gasteiger partial charge in [-0.2, -0.15) is 0 Å². The van der Waals surface area contributed by atoms with Gasteiger partial charge in [-0.25, -0.2) is 0 Å². The normalized spacial score (nSPS) is 10.4. The van der Waals surface area contributed by atoms with Crippen molar-refractivity contribution in [1.82, 2.24) is 4.98 Å². The van der Waals surface area contributed by atoms with Gasteiger partial charge in [0.2, 0.25) is 0 Å². The number of benzene rings is 2. The van der Waals surface area contributed by atoms with Crippen molar-refractivity contribution in [2.75, 3.05) is 29.6 Å². The van der Waals surface area contributed by atoms with Crippen molar-refractivity contribution < 1.29 is 4.79 Å². The molecule has 1 aromatic heterocycles. The third-order valence-corrected chi connectivity index (χ3v) is 4.38. The quantitative estimate of drug-likeness (QED) is 0.689. The van der Waals surface area contributed by atoms with E-state index in [1.54, 1.807) is 12.3 Å². The molecule has 0 aliphatic heterocycles. The van der Waals surface area contributed by atoms with Crippen LogP contribution in [0.2, 0.25) is 0 Å². The second-order valence-electron chi connectivity index (χ2n) is 6.72. The summed E-state index contributed by atoms with van der Waals surface area (Å²) in [6, 6.07) is 17.4. The van der Waals surface area contributed by atoms with Gasteiger partial charge in [-0.3, -0.25) is 9.78 Å². The van der Waals surface area contributed by atoms with Gasteiger partial charge in [0.15, 0.2) is 0 Å². The molecule has 0 aliphatic rings. The zero-order valence-corrected chi connectivity index (χ0v) is 16.1. The van der Waals surface area contributed by atoms with Crippen LogP contribution < -0.4 is 15.5 Å². The van der Waals surface area contributed by atoms with Crippen LogP contribution in [0.3, 0.4) is 0 Å². The minimum absolute atomic E-state index is 0.238. The van der Waals surface area contributed by atoms with Crippen LogP contribution in [0.1, 0.15) is 21.6 Å². The first-order valence-electron chi connectivity index (χ1n) is 8.82. The maximum Gasteiger partial charge on any atom is 0.274 e. The van der Waals surface area contributed by atoms with E-state index in [9.17, 15) is 4.79 Å². The third kappa shape index (κ3) is 4.44. The van der Waals surface area contributed by atoms with E-state index in [0.29, 0.717) is 5.69 Å². The van der Waals surface area contributed by atoms with Crippen molar-refractivity contribution in [3.05, 3.63) is 77.6 Å². The number of amides is 1. The zero-order valence-electron chi connectivity index (χ0n) is 16.1. The lowest BCUT2D eigenvalue weighted by Gasteiger charge is -2.14. The Morgan fingerprint density at radius 2 is 1.59 bits per heavy atom. The maximum atomic E-state index is 12.6. The smallest absolute Gasteiger partial charge is 0.274 e. The number of aromatic nitrogens is 1. The number of anilines is 4. The number of carbonyl (C=O) groups is 1. The van der Waals surface area contributed by atoms with Gasteiger partial charge in [0, 0.05) is 43.0 Å². The predicted octanol–water partition coefficient (Wildman–Crippen LogP) is 4.76. The lowest BCUT2D eigenvalue weighted by Crippen LogP contribution is -2.14. The summed E-state index contributed by atoms with van der Waals surface area (Å²) in [7, 11) is 3.96. The molecule has 5 nitrogen and oxygen atoms in total. The average molecular weight is 360 g/mol. The van der Waals surface area contributed by atoms with E-state index in [2.05, 4.69) is 41.6 Å². The molecular weight excluding hydrogens is 336 g/mol. The average Bonchev–Trinajstić information content (AvgIpc) is 2.65. The SMILES string of the molecule is Cc1cccc(C)c1Nc1ccnc(C(=O)Nc2ccc(N(C)C)cc2)c1. The van der Waals surface area contributed by atoms with Crippen LogP contribution in [0.5, 0.6) is 0 Å². The molecule has 2 N–H and O–H groups in total. The van der Waals surface area contributed by atoms with E-state index in [1.807, 2.05) is 55.4 Å². The molecule has 5 heteroatoms. The van der Waals surface area contributed by atoms with Gasteiger partial charge in [-0.1, -0.05) is 18.2 Å². The highest BCUT2D eigenvalue weighted by Gasteiger charge is 2.10. The van der Waals surface area contributed by atoms with Crippen LogP contribution in [0, 0.1) is 13.8 Å². The van der Waals surface area contributed by atoms with Crippen molar-refractivity contribution in [3.8, 4) is 0 Å². The lowest BCUT2D eigenvalue weighted by atomic mass is 10.1. The van der Waals surface area contributed by atoms with Gasteiger partial charge in [-0.05, 0) is 61.4 Å².